The Bertz CT molecular complexity index is 1160. The topological polar surface area (TPSA) is 58.6 Å². The number of carbonyl (C=O) groups is 2. The molecule has 35 heavy (non-hydrogen) atoms. The first-order valence-electron chi connectivity index (χ1n) is 11.8. The van der Waals surface area contributed by atoms with Crippen LogP contribution in [0.2, 0.25) is 0 Å². The number of nitrogens with zero attached hydrogens (tertiary/aromatic N) is 1. The van der Waals surface area contributed by atoms with Crippen molar-refractivity contribution in [2.24, 2.45) is 0 Å². The number of nitrogens with one attached hydrogen (secondary N) is 1. The lowest BCUT2D eigenvalue weighted by atomic mass is 10.0. The molecule has 0 aliphatic heterocycles. The zero-order valence-corrected chi connectivity index (χ0v) is 20.8. The molecule has 1 N–H and O–H groups in total. The summed E-state index contributed by atoms with van der Waals surface area (Å²) in [5.74, 6) is -0.479. The second-order valence-electron chi connectivity index (χ2n) is 8.71. The molecule has 0 heterocycles. The molecule has 0 spiro atoms. The van der Waals surface area contributed by atoms with Crippen LogP contribution in [0.1, 0.15) is 34.7 Å². The van der Waals surface area contributed by atoms with E-state index in [1.54, 1.807) is 18.2 Å². The standard InChI is InChI=1S/C29H33FN2O3/c1-5-31-29(34)26(17-23-11-7-6-8-12-23)32(18-24-13-9-10-14-25(24)30)28(33)19-35-27-16-20(2)15-21(3)22(27)4/h6-16,26H,5,17-19H2,1-4H3,(H,31,34). The third kappa shape index (κ3) is 6.92. The summed E-state index contributed by atoms with van der Waals surface area (Å²) < 4.78 is 20.5. The van der Waals surface area contributed by atoms with Crippen LogP contribution in [0.3, 0.4) is 0 Å². The maximum absolute atomic E-state index is 14.6. The van der Waals surface area contributed by atoms with Crippen molar-refractivity contribution >= 4 is 11.8 Å². The van der Waals surface area contributed by atoms with E-state index >= 15 is 0 Å². The van der Waals surface area contributed by atoms with Gasteiger partial charge in [-0.2, -0.15) is 0 Å². The highest BCUT2D eigenvalue weighted by molar-refractivity contribution is 5.88. The van der Waals surface area contributed by atoms with Gasteiger partial charge in [-0.3, -0.25) is 9.59 Å². The van der Waals surface area contributed by atoms with Gasteiger partial charge >= 0.3 is 0 Å². The van der Waals surface area contributed by atoms with Gasteiger partial charge in [0.2, 0.25) is 5.91 Å². The third-order valence-electron chi connectivity index (χ3n) is 6.04. The van der Waals surface area contributed by atoms with Crippen LogP contribution in [0, 0.1) is 26.6 Å². The molecule has 3 aromatic rings. The van der Waals surface area contributed by atoms with Crippen LogP contribution in [-0.2, 0) is 22.6 Å². The van der Waals surface area contributed by atoms with Crippen LogP contribution in [0.4, 0.5) is 4.39 Å². The van der Waals surface area contributed by atoms with E-state index in [4.69, 9.17) is 4.74 Å². The fraction of sp³-hybridized carbons (Fsp3) is 0.310. The Kier molecular flexibility index (Phi) is 9.01. The van der Waals surface area contributed by atoms with E-state index in [9.17, 15) is 14.0 Å². The second-order valence-corrected chi connectivity index (χ2v) is 8.71. The summed E-state index contributed by atoms with van der Waals surface area (Å²) in [4.78, 5) is 28.1. The minimum Gasteiger partial charge on any atom is -0.483 e. The average molecular weight is 477 g/mol. The van der Waals surface area contributed by atoms with E-state index in [2.05, 4.69) is 11.4 Å². The Morgan fingerprint density at radius 1 is 1.00 bits per heavy atom. The number of halogens is 1. The first kappa shape index (κ1) is 25.9. The average Bonchev–Trinajstić information content (AvgIpc) is 2.84. The first-order chi connectivity index (χ1) is 16.8. The van der Waals surface area contributed by atoms with Gasteiger partial charge in [-0.15, -0.1) is 0 Å². The Labute approximate surface area is 206 Å². The summed E-state index contributed by atoms with van der Waals surface area (Å²) in [6.07, 6.45) is 0.301. The van der Waals surface area contributed by atoms with Gasteiger partial charge < -0.3 is 15.0 Å². The highest BCUT2D eigenvalue weighted by Gasteiger charge is 2.31. The molecule has 0 fully saturated rings. The molecule has 3 aromatic carbocycles. The molecule has 0 aliphatic rings. The number of amides is 2. The molecule has 0 saturated carbocycles. The fourth-order valence-electron chi connectivity index (χ4n) is 4.03. The molecule has 0 saturated heterocycles. The van der Waals surface area contributed by atoms with Crippen molar-refractivity contribution in [3.05, 3.63) is 100 Å². The monoisotopic (exact) mass is 476 g/mol. The number of hydrogen-bond donors (Lipinski definition) is 1. The van der Waals surface area contributed by atoms with E-state index in [-0.39, 0.29) is 25.0 Å². The lowest BCUT2D eigenvalue weighted by Crippen LogP contribution is -2.51. The molecule has 1 atom stereocenters. The molecule has 184 valence electrons. The molecular formula is C29H33FN2O3. The van der Waals surface area contributed by atoms with Gasteiger partial charge in [-0.1, -0.05) is 54.6 Å². The summed E-state index contributed by atoms with van der Waals surface area (Å²) in [5.41, 5.74) is 4.29. The lowest BCUT2D eigenvalue weighted by Gasteiger charge is -2.31. The van der Waals surface area contributed by atoms with Crippen LogP contribution in [0.15, 0.2) is 66.7 Å². The Hall–Kier alpha value is -3.67. The molecule has 0 radical (unpaired) electrons. The largest absolute Gasteiger partial charge is 0.483 e. The number of rotatable bonds is 10. The maximum Gasteiger partial charge on any atom is 0.261 e. The zero-order chi connectivity index (χ0) is 25.4. The van der Waals surface area contributed by atoms with Crippen molar-refractivity contribution < 1.29 is 18.7 Å². The maximum atomic E-state index is 14.6. The SMILES string of the molecule is CCNC(=O)C(Cc1ccccc1)N(Cc1ccccc1F)C(=O)COc1cc(C)cc(C)c1C. The minimum absolute atomic E-state index is 0.0463. The Balaban J connectivity index is 1.93. The number of ether oxygens (including phenoxy) is 1. The van der Waals surface area contributed by atoms with E-state index in [1.165, 1.54) is 11.0 Å². The van der Waals surface area contributed by atoms with Crippen LogP contribution in [0.25, 0.3) is 0 Å². The van der Waals surface area contributed by atoms with Gasteiger partial charge in [0.1, 0.15) is 17.6 Å². The highest BCUT2D eigenvalue weighted by Crippen LogP contribution is 2.24. The smallest absolute Gasteiger partial charge is 0.261 e. The number of benzene rings is 3. The van der Waals surface area contributed by atoms with Crippen LogP contribution in [0.5, 0.6) is 5.75 Å². The van der Waals surface area contributed by atoms with Crippen LogP contribution < -0.4 is 10.1 Å². The summed E-state index contributed by atoms with van der Waals surface area (Å²) >= 11 is 0. The number of aryl methyl sites for hydroxylation is 2. The lowest BCUT2D eigenvalue weighted by molar-refractivity contribution is -0.142. The molecule has 2 amide bonds. The summed E-state index contributed by atoms with van der Waals surface area (Å²) in [5, 5.41) is 2.83. The van der Waals surface area contributed by atoms with E-state index in [1.807, 2.05) is 64.1 Å². The van der Waals surface area contributed by atoms with Crippen molar-refractivity contribution in [2.45, 2.75) is 46.7 Å². The molecular weight excluding hydrogens is 443 g/mol. The number of hydrogen-bond acceptors (Lipinski definition) is 3. The van der Waals surface area contributed by atoms with Crippen molar-refractivity contribution in [3.8, 4) is 5.75 Å². The van der Waals surface area contributed by atoms with Gasteiger partial charge in [-0.25, -0.2) is 4.39 Å². The van der Waals surface area contributed by atoms with Crippen molar-refractivity contribution in [1.29, 1.82) is 0 Å². The summed E-state index contributed by atoms with van der Waals surface area (Å²) in [6, 6.07) is 18.9. The van der Waals surface area contributed by atoms with Gasteiger partial charge in [0.15, 0.2) is 6.61 Å². The van der Waals surface area contributed by atoms with Crippen LogP contribution >= 0.6 is 0 Å². The number of likely N-dealkylation sites (N-methyl/N-ethyl adjacent to an activating group) is 1. The zero-order valence-electron chi connectivity index (χ0n) is 20.8. The second kappa shape index (κ2) is 12.2. The van der Waals surface area contributed by atoms with Crippen molar-refractivity contribution in [3.63, 3.8) is 0 Å². The van der Waals surface area contributed by atoms with Crippen LogP contribution in [-0.4, -0.2) is 35.9 Å². The molecule has 6 heteroatoms. The minimum atomic E-state index is -0.826. The normalized spacial score (nSPS) is 11.6. The van der Waals surface area contributed by atoms with Gasteiger partial charge in [0, 0.05) is 25.1 Å². The van der Waals surface area contributed by atoms with Gasteiger partial charge in [0.25, 0.3) is 5.91 Å². The fourth-order valence-corrected chi connectivity index (χ4v) is 4.03. The molecule has 3 rings (SSSR count). The van der Waals surface area contributed by atoms with Gasteiger partial charge in [-0.05, 0) is 62.1 Å². The summed E-state index contributed by atoms with van der Waals surface area (Å²) in [6.45, 7) is 7.84. The first-order valence-corrected chi connectivity index (χ1v) is 11.8. The van der Waals surface area contributed by atoms with Gasteiger partial charge in [0.05, 0.1) is 0 Å². The third-order valence-corrected chi connectivity index (χ3v) is 6.04. The Morgan fingerprint density at radius 3 is 2.37 bits per heavy atom. The highest BCUT2D eigenvalue weighted by atomic mass is 19.1. The molecule has 1 unspecified atom stereocenters. The van der Waals surface area contributed by atoms with Crippen molar-refractivity contribution in [2.75, 3.05) is 13.2 Å². The predicted octanol–water partition coefficient (Wildman–Crippen LogP) is 4.91. The molecule has 5 nitrogen and oxygen atoms in total. The molecule has 0 aliphatic carbocycles. The molecule has 0 bridgehead atoms. The van der Waals surface area contributed by atoms with E-state index < -0.39 is 11.9 Å². The predicted molar refractivity (Wildman–Crippen MR) is 136 cm³/mol. The molecule has 0 aromatic heterocycles. The number of carbonyl (C=O) groups excluding carboxylic acids is 2. The van der Waals surface area contributed by atoms with E-state index in [0.29, 0.717) is 24.3 Å². The quantitative estimate of drug-likeness (QED) is 0.453. The van der Waals surface area contributed by atoms with Crippen molar-refractivity contribution in [1.82, 2.24) is 10.2 Å². The van der Waals surface area contributed by atoms with E-state index in [0.717, 1.165) is 22.3 Å². The Morgan fingerprint density at radius 2 is 1.69 bits per heavy atom. The summed E-state index contributed by atoms with van der Waals surface area (Å²) in [7, 11) is 0.